The predicted octanol–water partition coefficient (Wildman–Crippen LogP) is 2.05. The molecule has 0 radical (unpaired) electrons. The van der Waals surface area contributed by atoms with E-state index in [-0.39, 0.29) is 10.9 Å². The fourth-order valence-electron chi connectivity index (χ4n) is 0.407. The highest BCUT2D eigenvalue weighted by molar-refractivity contribution is 14.1. The minimum absolute atomic E-state index is 0.0553. The zero-order chi connectivity index (χ0) is 6.85. The van der Waals surface area contributed by atoms with Gasteiger partial charge in [0.1, 0.15) is 0 Å². The summed E-state index contributed by atoms with van der Waals surface area (Å²) < 4.78 is 0.715. The number of aromatic nitrogens is 1. The molecule has 1 N–H and O–H groups in total. The van der Waals surface area contributed by atoms with Gasteiger partial charge >= 0.3 is 0 Å². The van der Waals surface area contributed by atoms with Crippen LogP contribution in [0, 0.1) is 3.57 Å². The molecule has 0 saturated heterocycles. The van der Waals surface area contributed by atoms with Gasteiger partial charge in [0.25, 0.3) is 0 Å². The molecule has 48 valence electrons. The summed E-state index contributed by atoms with van der Waals surface area (Å²) in [6.45, 7) is 0. The molecular weight excluding hydrogens is 252 g/mol. The van der Waals surface area contributed by atoms with Crippen LogP contribution >= 0.6 is 34.2 Å². The van der Waals surface area contributed by atoms with E-state index in [0.29, 0.717) is 3.57 Å². The standard InChI is InChI=1S/C5H3ClINO/c6-5-4(9)3(7)1-2-8-5/h1-2,9H. The number of pyridine rings is 1. The second-order valence-electron chi connectivity index (χ2n) is 1.43. The van der Waals surface area contributed by atoms with Crippen LogP contribution in [0.1, 0.15) is 0 Å². The summed E-state index contributed by atoms with van der Waals surface area (Å²) in [5.41, 5.74) is 0. The fourth-order valence-corrected chi connectivity index (χ4v) is 1.14. The Morgan fingerprint density at radius 2 is 2.33 bits per heavy atom. The largest absolute Gasteiger partial charge is 0.504 e. The lowest BCUT2D eigenvalue weighted by Crippen LogP contribution is -1.77. The Bertz CT molecular complexity index is 208. The number of hydrogen-bond acceptors (Lipinski definition) is 2. The zero-order valence-corrected chi connectivity index (χ0v) is 7.22. The van der Waals surface area contributed by atoms with Crippen molar-refractivity contribution in [1.29, 1.82) is 0 Å². The van der Waals surface area contributed by atoms with Crippen LogP contribution in [0.4, 0.5) is 0 Å². The molecule has 0 spiro atoms. The molecule has 1 rings (SSSR count). The van der Waals surface area contributed by atoms with Crippen LogP contribution in [0.3, 0.4) is 0 Å². The molecule has 1 aromatic heterocycles. The zero-order valence-electron chi connectivity index (χ0n) is 4.31. The topological polar surface area (TPSA) is 33.1 Å². The van der Waals surface area contributed by atoms with Gasteiger partial charge in [0.05, 0.1) is 3.57 Å². The molecule has 0 fully saturated rings. The average Bonchev–Trinajstić information content (AvgIpc) is 1.83. The fraction of sp³-hybridized carbons (Fsp3) is 0. The van der Waals surface area contributed by atoms with Gasteiger partial charge in [0, 0.05) is 6.20 Å². The molecule has 0 aliphatic rings. The van der Waals surface area contributed by atoms with Crippen LogP contribution in [-0.2, 0) is 0 Å². The third-order valence-corrected chi connectivity index (χ3v) is 1.98. The summed E-state index contributed by atoms with van der Waals surface area (Å²) in [4.78, 5) is 3.65. The quantitative estimate of drug-likeness (QED) is 0.568. The molecule has 0 atom stereocenters. The van der Waals surface area contributed by atoms with Crippen molar-refractivity contribution in [1.82, 2.24) is 4.98 Å². The van der Waals surface area contributed by atoms with Crippen molar-refractivity contribution in [2.45, 2.75) is 0 Å². The second-order valence-corrected chi connectivity index (χ2v) is 2.95. The van der Waals surface area contributed by atoms with Gasteiger partial charge in [-0.2, -0.15) is 0 Å². The Hall–Kier alpha value is -0.0300. The number of rotatable bonds is 0. The third kappa shape index (κ3) is 1.46. The summed E-state index contributed by atoms with van der Waals surface area (Å²) in [7, 11) is 0. The van der Waals surface area contributed by atoms with Gasteiger partial charge in [-0.1, -0.05) is 11.6 Å². The maximum Gasteiger partial charge on any atom is 0.171 e. The molecule has 9 heavy (non-hydrogen) atoms. The molecule has 2 nitrogen and oxygen atoms in total. The van der Waals surface area contributed by atoms with Gasteiger partial charge in [-0.3, -0.25) is 0 Å². The summed E-state index contributed by atoms with van der Waals surface area (Å²) in [5.74, 6) is 0.0553. The van der Waals surface area contributed by atoms with Crippen LogP contribution in [0.5, 0.6) is 5.75 Å². The van der Waals surface area contributed by atoms with Crippen LogP contribution < -0.4 is 0 Å². The van der Waals surface area contributed by atoms with E-state index in [1.54, 1.807) is 12.3 Å². The van der Waals surface area contributed by atoms with Gasteiger partial charge in [-0.25, -0.2) is 4.98 Å². The molecule has 0 amide bonds. The Morgan fingerprint density at radius 3 is 2.78 bits per heavy atom. The lowest BCUT2D eigenvalue weighted by Gasteiger charge is -1.94. The van der Waals surface area contributed by atoms with E-state index in [1.165, 1.54) is 0 Å². The molecule has 0 aromatic carbocycles. The first-order valence-corrected chi connectivity index (χ1v) is 3.66. The van der Waals surface area contributed by atoms with Crippen LogP contribution in [0.25, 0.3) is 0 Å². The minimum Gasteiger partial charge on any atom is -0.504 e. The highest BCUT2D eigenvalue weighted by atomic mass is 127. The Labute approximate surface area is 71.0 Å². The number of hydrogen-bond donors (Lipinski definition) is 1. The van der Waals surface area contributed by atoms with Gasteiger partial charge in [0.2, 0.25) is 0 Å². The van der Waals surface area contributed by atoms with Crippen molar-refractivity contribution < 1.29 is 5.11 Å². The lowest BCUT2D eigenvalue weighted by molar-refractivity contribution is 0.469. The molecule has 0 aliphatic heterocycles. The normalized spacial score (nSPS) is 9.56. The van der Waals surface area contributed by atoms with Crippen molar-refractivity contribution >= 4 is 34.2 Å². The van der Waals surface area contributed by atoms with Gasteiger partial charge in [-0.15, -0.1) is 0 Å². The van der Waals surface area contributed by atoms with Crippen molar-refractivity contribution in [2.75, 3.05) is 0 Å². The Morgan fingerprint density at radius 1 is 1.67 bits per heavy atom. The third-order valence-electron chi connectivity index (χ3n) is 0.830. The maximum atomic E-state index is 9.00. The van der Waals surface area contributed by atoms with Gasteiger partial charge in [0.15, 0.2) is 10.9 Å². The smallest absolute Gasteiger partial charge is 0.171 e. The molecule has 0 aliphatic carbocycles. The van der Waals surface area contributed by atoms with Crippen molar-refractivity contribution in [2.24, 2.45) is 0 Å². The summed E-state index contributed by atoms with van der Waals surface area (Å²) in [6.07, 6.45) is 1.55. The van der Waals surface area contributed by atoms with E-state index >= 15 is 0 Å². The van der Waals surface area contributed by atoms with Crippen LogP contribution in [0.2, 0.25) is 5.15 Å². The van der Waals surface area contributed by atoms with E-state index in [1.807, 2.05) is 22.6 Å². The van der Waals surface area contributed by atoms with E-state index < -0.39 is 0 Å². The molecule has 1 aromatic rings. The first-order valence-electron chi connectivity index (χ1n) is 2.21. The van der Waals surface area contributed by atoms with E-state index in [2.05, 4.69) is 4.98 Å². The summed E-state index contributed by atoms with van der Waals surface area (Å²) >= 11 is 7.42. The van der Waals surface area contributed by atoms with E-state index in [0.717, 1.165) is 0 Å². The molecule has 1 heterocycles. The molecule has 0 saturated carbocycles. The van der Waals surface area contributed by atoms with Gasteiger partial charge in [-0.05, 0) is 28.7 Å². The molecule has 0 bridgehead atoms. The highest BCUT2D eigenvalue weighted by Crippen LogP contribution is 2.25. The predicted molar refractivity (Wildman–Crippen MR) is 43.6 cm³/mol. The van der Waals surface area contributed by atoms with Crippen molar-refractivity contribution in [3.63, 3.8) is 0 Å². The van der Waals surface area contributed by atoms with Crippen LogP contribution in [0.15, 0.2) is 12.3 Å². The van der Waals surface area contributed by atoms with Gasteiger partial charge < -0.3 is 5.11 Å². The number of halogens is 2. The monoisotopic (exact) mass is 255 g/mol. The van der Waals surface area contributed by atoms with Crippen molar-refractivity contribution in [3.8, 4) is 5.75 Å². The Balaban J connectivity index is 3.25. The first kappa shape index (κ1) is 7.08. The lowest BCUT2D eigenvalue weighted by atomic mass is 10.5. The first-order chi connectivity index (χ1) is 4.22. The maximum absolute atomic E-state index is 9.00. The molecule has 0 unspecified atom stereocenters. The highest BCUT2D eigenvalue weighted by Gasteiger charge is 2.00. The number of nitrogens with zero attached hydrogens (tertiary/aromatic N) is 1. The second kappa shape index (κ2) is 2.70. The average molecular weight is 255 g/mol. The summed E-state index contributed by atoms with van der Waals surface area (Å²) in [5, 5.41) is 9.16. The van der Waals surface area contributed by atoms with E-state index in [4.69, 9.17) is 16.7 Å². The SMILES string of the molecule is Oc1c(I)ccnc1Cl. The Kier molecular flexibility index (Phi) is 2.13. The van der Waals surface area contributed by atoms with Crippen LogP contribution in [-0.4, -0.2) is 10.1 Å². The van der Waals surface area contributed by atoms with E-state index in [9.17, 15) is 0 Å². The summed E-state index contributed by atoms with van der Waals surface area (Å²) in [6, 6.07) is 1.68. The van der Waals surface area contributed by atoms with Crippen molar-refractivity contribution in [3.05, 3.63) is 21.0 Å². The molecular formula is C5H3ClINO. The molecule has 4 heteroatoms. The minimum atomic E-state index is 0.0553. The number of aromatic hydroxyl groups is 1.